The molecule has 6 heteroatoms. The van der Waals surface area contributed by atoms with Crippen molar-refractivity contribution >= 4 is 24.9 Å². The monoisotopic (exact) mass is 552 g/mol. The summed E-state index contributed by atoms with van der Waals surface area (Å²) in [5.74, 6) is -1.03. The molecule has 3 aromatic carbocycles. The van der Waals surface area contributed by atoms with Crippen molar-refractivity contribution in [3.05, 3.63) is 96.6 Å². The molecule has 0 saturated carbocycles. The van der Waals surface area contributed by atoms with Crippen molar-refractivity contribution < 1.29 is 18.6 Å². The first kappa shape index (κ1) is 29.0. The minimum absolute atomic E-state index is 0.312. The third-order valence-corrected chi connectivity index (χ3v) is 16.2. The Morgan fingerprint density at radius 3 is 1.24 bits per heavy atom. The Morgan fingerprint density at radius 2 is 0.921 bits per heavy atom. The highest BCUT2D eigenvalue weighted by molar-refractivity contribution is 7.73. The molecule has 204 valence electrons. The summed E-state index contributed by atoms with van der Waals surface area (Å²) < 4.78 is 43.3. The molecule has 4 nitrogen and oxygen atoms in total. The Morgan fingerprint density at radius 1 is 0.605 bits per heavy atom. The largest absolute Gasteiger partial charge is 0.340 e. The predicted octanol–water partition coefficient (Wildman–Crippen LogP) is 7.62. The molecule has 0 amide bonds. The second-order valence-corrected chi connectivity index (χ2v) is 19.9. The Hall–Kier alpha value is -1.96. The lowest BCUT2D eigenvalue weighted by Gasteiger charge is -2.36. The summed E-state index contributed by atoms with van der Waals surface area (Å²) in [5.41, 5.74) is 0.892. The summed E-state index contributed by atoms with van der Waals surface area (Å²) in [7, 11) is -5.93. The van der Waals surface area contributed by atoms with Gasteiger partial charge >= 0.3 is 0 Å². The van der Waals surface area contributed by atoms with Gasteiger partial charge in [-0.25, -0.2) is 0 Å². The van der Waals surface area contributed by atoms with Gasteiger partial charge in [0.2, 0.25) is 0 Å². The summed E-state index contributed by atoms with van der Waals surface area (Å²) in [6, 6.07) is 29.3. The summed E-state index contributed by atoms with van der Waals surface area (Å²) in [4.78, 5) is 0. The van der Waals surface area contributed by atoms with E-state index in [-0.39, 0.29) is 0 Å². The van der Waals surface area contributed by atoms with Crippen LogP contribution in [0.5, 0.6) is 0 Å². The van der Waals surface area contributed by atoms with Crippen LogP contribution in [0.2, 0.25) is 0 Å². The van der Waals surface area contributed by atoms with E-state index in [1.165, 1.54) is 0 Å². The molecule has 1 saturated heterocycles. The Bertz CT molecular complexity index is 1230. The van der Waals surface area contributed by atoms with E-state index in [1.807, 2.05) is 139 Å². The van der Waals surface area contributed by atoms with E-state index in [0.717, 1.165) is 16.2 Å². The summed E-state index contributed by atoms with van der Waals surface area (Å²) in [6.07, 6.45) is -0.367. The van der Waals surface area contributed by atoms with Crippen LogP contribution >= 0.6 is 14.3 Å². The first-order valence-electron chi connectivity index (χ1n) is 13.4. The molecule has 4 rings (SSSR count). The van der Waals surface area contributed by atoms with Crippen molar-refractivity contribution in [2.75, 3.05) is 12.3 Å². The van der Waals surface area contributed by atoms with Gasteiger partial charge in [-0.05, 0) is 6.92 Å². The molecular formula is C32H42O4P2. The van der Waals surface area contributed by atoms with Crippen molar-refractivity contribution in [3.8, 4) is 0 Å². The normalized spacial score (nSPS) is 25.4. The molecule has 0 spiro atoms. The molecule has 0 bridgehead atoms. The molecule has 0 aromatic heterocycles. The zero-order valence-electron chi connectivity index (χ0n) is 23.8. The molecule has 0 N–H and O–H groups in total. The van der Waals surface area contributed by atoms with Crippen LogP contribution in [-0.2, 0) is 24.4 Å². The fourth-order valence-electron chi connectivity index (χ4n) is 5.32. The van der Waals surface area contributed by atoms with E-state index in [2.05, 4.69) is 0 Å². The summed E-state index contributed by atoms with van der Waals surface area (Å²) in [5, 5.41) is 0.706. The SMILES string of the molecule is CC1(c2ccccc2)OC(CP(=O)(c2ccccc2)C(C)(C)C)C(CP(=O)(c2ccccc2)C(C)(C)C)O1. The topological polar surface area (TPSA) is 52.6 Å². The Labute approximate surface area is 228 Å². The maximum absolute atomic E-state index is 14.9. The number of hydrogen-bond donors (Lipinski definition) is 0. The molecule has 1 aliphatic heterocycles. The fourth-order valence-corrected chi connectivity index (χ4v) is 11.3. The van der Waals surface area contributed by atoms with E-state index in [9.17, 15) is 9.13 Å². The van der Waals surface area contributed by atoms with Crippen LogP contribution in [0.3, 0.4) is 0 Å². The maximum atomic E-state index is 14.9. The zero-order chi connectivity index (χ0) is 27.8. The Kier molecular flexibility index (Phi) is 8.06. The zero-order valence-corrected chi connectivity index (χ0v) is 25.5. The lowest BCUT2D eigenvalue weighted by atomic mass is 10.1. The number of rotatable bonds is 7. The van der Waals surface area contributed by atoms with Crippen LogP contribution in [0.1, 0.15) is 54.0 Å². The van der Waals surface area contributed by atoms with Crippen LogP contribution in [0.15, 0.2) is 91.0 Å². The molecule has 0 radical (unpaired) electrons. The van der Waals surface area contributed by atoms with E-state index in [1.54, 1.807) is 0 Å². The van der Waals surface area contributed by atoms with E-state index in [4.69, 9.17) is 9.47 Å². The quantitative estimate of drug-likeness (QED) is 0.283. The molecular weight excluding hydrogens is 510 g/mol. The van der Waals surface area contributed by atoms with Gasteiger partial charge in [0, 0.05) is 38.8 Å². The standard InChI is InChI=1S/C32H42O4P2/c1-30(2,3)37(33,26-19-13-9-14-20-26)23-28-29(36-32(7,35-28)25-17-11-8-12-18-25)24-38(34,31(4,5)6)27-21-15-10-16-22-27/h8-22,28-29H,23-24H2,1-7H3. The average molecular weight is 553 g/mol. The first-order valence-corrected chi connectivity index (χ1v) is 17.2. The van der Waals surface area contributed by atoms with Crippen LogP contribution in [0.25, 0.3) is 0 Å². The van der Waals surface area contributed by atoms with Gasteiger partial charge in [0.05, 0.1) is 12.2 Å². The van der Waals surface area contributed by atoms with E-state index in [0.29, 0.717) is 12.3 Å². The van der Waals surface area contributed by atoms with Gasteiger partial charge in [-0.1, -0.05) is 133 Å². The Balaban J connectivity index is 1.80. The van der Waals surface area contributed by atoms with Crippen molar-refractivity contribution in [1.29, 1.82) is 0 Å². The lowest BCUT2D eigenvalue weighted by Crippen LogP contribution is -2.38. The molecule has 38 heavy (non-hydrogen) atoms. The summed E-state index contributed by atoms with van der Waals surface area (Å²) >= 11 is 0. The third kappa shape index (κ3) is 5.52. The second kappa shape index (κ2) is 10.5. The molecule has 1 aliphatic rings. The van der Waals surface area contributed by atoms with Gasteiger partial charge in [0.15, 0.2) is 5.79 Å². The maximum Gasteiger partial charge on any atom is 0.192 e. The highest BCUT2D eigenvalue weighted by atomic mass is 31.2. The minimum Gasteiger partial charge on any atom is -0.340 e. The van der Waals surface area contributed by atoms with Gasteiger partial charge in [-0.15, -0.1) is 0 Å². The molecule has 4 unspecified atom stereocenters. The van der Waals surface area contributed by atoms with Gasteiger partial charge in [0.1, 0.15) is 14.3 Å². The molecule has 1 heterocycles. The number of benzene rings is 3. The highest BCUT2D eigenvalue weighted by Crippen LogP contribution is 2.62. The van der Waals surface area contributed by atoms with Gasteiger partial charge in [-0.2, -0.15) is 0 Å². The van der Waals surface area contributed by atoms with Crippen LogP contribution in [-0.4, -0.2) is 34.8 Å². The number of ether oxygens (including phenoxy) is 2. The molecule has 0 aliphatic carbocycles. The average Bonchev–Trinajstić information content (AvgIpc) is 3.19. The van der Waals surface area contributed by atoms with Gasteiger partial charge in [-0.3, -0.25) is 0 Å². The van der Waals surface area contributed by atoms with Crippen LogP contribution in [0, 0.1) is 0 Å². The molecule has 3 aromatic rings. The van der Waals surface area contributed by atoms with Crippen molar-refractivity contribution in [3.63, 3.8) is 0 Å². The van der Waals surface area contributed by atoms with Gasteiger partial charge < -0.3 is 18.6 Å². The molecule has 1 fully saturated rings. The van der Waals surface area contributed by atoms with Gasteiger partial charge in [0.25, 0.3) is 0 Å². The van der Waals surface area contributed by atoms with Crippen molar-refractivity contribution in [2.24, 2.45) is 0 Å². The lowest BCUT2D eigenvalue weighted by molar-refractivity contribution is -0.166. The summed E-state index contributed by atoms with van der Waals surface area (Å²) in [6.45, 7) is 14.1. The third-order valence-electron chi connectivity index (χ3n) is 7.85. The van der Waals surface area contributed by atoms with Crippen LogP contribution in [0.4, 0.5) is 0 Å². The second-order valence-electron chi connectivity index (χ2n) is 12.5. The fraction of sp³-hybridized carbons (Fsp3) is 0.438. The molecule has 4 atom stereocenters. The van der Waals surface area contributed by atoms with Crippen molar-refractivity contribution in [2.45, 2.75) is 76.8 Å². The highest BCUT2D eigenvalue weighted by Gasteiger charge is 2.53. The van der Waals surface area contributed by atoms with Crippen LogP contribution < -0.4 is 10.6 Å². The number of hydrogen-bond acceptors (Lipinski definition) is 4. The smallest absolute Gasteiger partial charge is 0.192 e. The first-order chi connectivity index (χ1) is 17.7. The predicted molar refractivity (Wildman–Crippen MR) is 160 cm³/mol. The van der Waals surface area contributed by atoms with Crippen molar-refractivity contribution in [1.82, 2.24) is 0 Å². The van der Waals surface area contributed by atoms with E-state index >= 15 is 0 Å². The van der Waals surface area contributed by atoms with E-state index < -0.39 is 42.6 Å². The minimum atomic E-state index is -2.96.